The maximum atomic E-state index is 14.3. The predicted molar refractivity (Wildman–Crippen MR) is 96.6 cm³/mol. The molecule has 3 aromatic rings. The van der Waals surface area contributed by atoms with E-state index in [-0.39, 0.29) is 22.7 Å². The van der Waals surface area contributed by atoms with Crippen molar-refractivity contribution in [3.63, 3.8) is 0 Å². The van der Waals surface area contributed by atoms with E-state index < -0.39 is 43.5 Å². The zero-order valence-electron chi connectivity index (χ0n) is 15.5. The molecule has 7 nitrogen and oxygen atoms in total. The van der Waals surface area contributed by atoms with Gasteiger partial charge in [0, 0.05) is 12.3 Å². The van der Waals surface area contributed by atoms with Crippen molar-refractivity contribution in [1.82, 2.24) is 14.4 Å². The molecule has 156 valence electrons. The zero-order chi connectivity index (χ0) is 21.7. The monoisotopic (exact) mass is 432 g/mol. The van der Waals surface area contributed by atoms with E-state index in [1.807, 2.05) is 0 Å². The first kappa shape index (κ1) is 20.8. The average Bonchev–Trinajstić information content (AvgIpc) is 3.05. The Morgan fingerprint density at radius 2 is 1.90 bits per heavy atom. The van der Waals surface area contributed by atoms with Crippen LogP contribution in [0, 0.1) is 11.8 Å². The van der Waals surface area contributed by atoms with Crippen molar-refractivity contribution in [3.05, 3.63) is 36.3 Å². The average molecular weight is 432 g/mol. The van der Waals surface area contributed by atoms with Crippen LogP contribution in [0.3, 0.4) is 0 Å². The lowest BCUT2D eigenvalue weighted by Crippen LogP contribution is -2.39. The highest BCUT2D eigenvalue weighted by Crippen LogP contribution is 2.37. The van der Waals surface area contributed by atoms with Crippen LogP contribution in [-0.2, 0) is 9.84 Å². The summed E-state index contributed by atoms with van der Waals surface area (Å²) in [7, 11) is -3.43. The number of aromatic nitrogens is 3. The number of nitrogens with two attached hydrogens (primary N) is 1. The van der Waals surface area contributed by atoms with Crippen LogP contribution in [0.2, 0.25) is 0 Å². The fourth-order valence-corrected chi connectivity index (χ4v) is 4.06. The van der Waals surface area contributed by atoms with E-state index in [0.717, 1.165) is 36.7 Å². The summed E-state index contributed by atoms with van der Waals surface area (Å²) in [6.45, 7) is 1.76. The minimum atomic E-state index is -4.60. The number of imidazole rings is 1. The van der Waals surface area contributed by atoms with Gasteiger partial charge in [0.05, 0.1) is 24.6 Å². The summed E-state index contributed by atoms with van der Waals surface area (Å²) in [6, 6.07) is 1.97. The van der Waals surface area contributed by atoms with Crippen molar-refractivity contribution in [3.8, 4) is 17.0 Å². The van der Waals surface area contributed by atoms with Crippen molar-refractivity contribution in [2.45, 2.75) is 29.9 Å². The van der Waals surface area contributed by atoms with Gasteiger partial charge in [-0.2, -0.15) is 9.37 Å². The number of fused-ring (bicyclic) bond motifs is 1. The van der Waals surface area contributed by atoms with Gasteiger partial charge in [0.2, 0.25) is 5.95 Å². The number of hydrogen-bond acceptors (Lipinski definition) is 6. The summed E-state index contributed by atoms with van der Waals surface area (Å²) in [5.74, 6) is -2.97. The normalized spacial score (nSPS) is 12.7. The molecule has 0 unspecified atom stereocenters. The summed E-state index contributed by atoms with van der Waals surface area (Å²) >= 11 is 0. The van der Waals surface area contributed by atoms with Crippen molar-refractivity contribution in [2.75, 3.05) is 12.8 Å². The molecule has 0 atom stereocenters. The van der Waals surface area contributed by atoms with Crippen molar-refractivity contribution in [2.24, 2.45) is 0 Å². The van der Waals surface area contributed by atoms with Crippen molar-refractivity contribution < 1.29 is 30.7 Å². The third kappa shape index (κ3) is 3.16. The van der Waals surface area contributed by atoms with Gasteiger partial charge in [-0.3, -0.25) is 4.40 Å². The predicted octanol–water partition coefficient (Wildman–Crippen LogP) is 3.08. The summed E-state index contributed by atoms with van der Waals surface area (Å²) in [6.07, 6.45) is -1.06. The van der Waals surface area contributed by atoms with Crippen LogP contribution in [-0.4, -0.2) is 41.1 Å². The minimum Gasteiger partial charge on any atom is -0.495 e. The summed E-state index contributed by atoms with van der Waals surface area (Å²) < 4.78 is 84.4. The summed E-state index contributed by atoms with van der Waals surface area (Å²) in [5, 5.41) is 0. The van der Waals surface area contributed by atoms with Gasteiger partial charge in [0.1, 0.15) is 21.0 Å². The van der Waals surface area contributed by atoms with Gasteiger partial charge < -0.3 is 10.5 Å². The first-order chi connectivity index (χ1) is 13.4. The van der Waals surface area contributed by atoms with Crippen LogP contribution in [0.15, 0.2) is 29.4 Å². The Bertz CT molecular complexity index is 1210. The third-order valence-electron chi connectivity index (χ3n) is 4.53. The molecular formula is C17H16F4N4O3S. The molecule has 0 saturated carbocycles. The maximum absolute atomic E-state index is 14.3. The lowest BCUT2D eigenvalue weighted by atomic mass is 10.2. The Labute approximate surface area is 163 Å². The molecule has 3 aromatic heterocycles. The van der Waals surface area contributed by atoms with Crippen LogP contribution >= 0.6 is 0 Å². The van der Waals surface area contributed by atoms with Gasteiger partial charge in [-0.15, -0.1) is 0 Å². The van der Waals surface area contributed by atoms with E-state index in [9.17, 15) is 26.0 Å². The first-order valence-electron chi connectivity index (χ1n) is 8.11. The molecule has 3 heterocycles. The van der Waals surface area contributed by atoms with Crippen LogP contribution in [0.5, 0.6) is 5.75 Å². The van der Waals surface area contributed by atoms with E-state index in [4.69, 9.17) is 10.5 Å². The highest BCUT2D eigenvalue weighted by molar-refractivity contribution is 7.93. The number of ether oxygens (including phenoxy) is 1. The molecule has 12 heteroatoms. The van der Waals surface area contributed by atoms with Gasteiger partial charge in [-0.25, -0.2) is 26.6 Å². The second-order valence-corrected chi connectivity index (χ2v) is 9.18. The van der Waals surface area contributed by atoms with Crippen molar-refractivity contribution in [1.29, 1.82) is 0 Å². The molecular weight excluding hydrogens is 416 g/mol. The van der Waals surface area contributed by atoms with E-state index in [1.165, 1.54) is 13.2 Å². The van der Waals surface area contributed by atoms with Crippen molar-refractivity contribution >= 4 is 21.3 Å². The topological polar surface area (TPSA) is 99.6 Å². The molecule has 0 aliphatic heterocycles. The molecule has 0 radical (unpaired) electrons. The molecule has 0 aliphatic rings. The van der Waals surface area contributed by atoms with Gasteiger partial charge in [-0.1, -0.05) is 0 Å². The fourth-order valence-electron chi connectivity index (χ4n) is 2.61. The number of pyridine rings is 2. The maximum Gasteiger partial charge on any atom is 0.257 e. The lowest BCUT2D eigenvalue weighted by Gasteiger charge is -2.24. The van der Waals surface area contributed by atoms with Gasteiger partial charge in [0.15, 0.2) is 21.5 Å². The smallest absolute Gasteiger partial charge is 0.257 e. The molecule has 0 saturated heterocycles. The Kier molecular flexibility index (Phi) is 4.93. The number of nitrogens with zero attached hydrogens (tertiary/aromatic N) is 3. The molecule has 2 N–H and O–H groups in total. The largest absolute Gasteiger partial charge is 0.495 e. The fraction of sp³-hybridized carbons (Fsp3) is 0.294. The van der Waals surface area contributed by atoms with Crippen LogP contribution in [0.1, 0.15) is 13.8 Å². The zero-order valence-corrected chi connectivity index (χ0v) is 16.3. The molecule has 0 fully saturated rings. The van der Waals surface area contributed by atoms with Gasteiger partial charge in [0.25, 0.3) is 6.43 Å². The summed E-state index contributed by atoms with van der Waals surface area (Å²) in [5.41, 5.74) is 4.95. The highest BCUT2D eigenvalue weighted by atomic mass is 32.2. The van der Waals surface area contributed by atoms with E-state index in [1.54, 1.807) is 0 Å². The Morgan fingerprint density at radius 3 is 2.48 bits per heavy atom. The van der Waals surface area contributed by atoms with Gasteiger partial charge >= 0.3 is 0 Å². The van der Waals surface area contributed by atoms with Crippen LogP contribution in [0.25, 0.3) is 16.9 Å². The highest BCUT2D eigenvalue weighted by Gasteiger charge is 2.45. The molecule has 3 rings (SSSR count). The Balaban J connectivity index is 2.33. The van der Waals surface area contributed by atoms with Crippen LogP contribution in [0.4, 0.5) is 23.4 Å². The number of hydrogen-bond donors (Lipinski definition) is 1. The van der Waals surface area contributed by atoms with Crippen LogP contribution < -0.4 is 10.5 Å². The number of halogens is 4. The summed E-state index contributed by atoms with van der Waals surface area (Å²) in [4.78, 5) is 6.71. The Morgan fingerprint density at radius 1 is 1.24 bits per heavy atom. The molecule has 0 aliphatic carbocycles. The van der Waals surface area contributed by atoms with E-state index in [0.29, 0.717) is 0 Å². The molecule has 0 spiro atoms. The SMILES string of the molecule is COc1cc2ncc(-c3cc(F)c(N)nc3F)n2cc1S(=O)(=O)C(C)(C)C(F)F. The number of sulfone groups is 1. The van der Waals surface area contributed by atoms with E-state index >= 15 is 0 Å². The van der Waals surface area contributed by atoms with Gasteiger partial charge in [-0.05, 0) is 19.9 Å². The Hall–Kier alpha value is -2.89. The number of nitrogen functional groups attached to an aromatic ring is 1. The second-order valence-electron chi connectivity index (χ2n) is 6.68. The van der Waals surface area contributed by atoms with E-state index in [2.05, 4.69) is 9.97 Å². The second kappa shape index (κ2) is 6.87. The quantitative estimate of drug-likeness (QED) is 0.491. The molecule has 29 heavy (non-hydrogen) atoms. The lowest BCUT2D eigenvalue weighted by molar-refractivity contribution is 0.108. The number of methoxy groups -OCH3 is 1. The molecule has 0 bridgehead atoms. The standard InChI is InChI=1S/C17H16F4N4O3S/c1-17(2,16(20)21)29(26,27)12-7-25-10(6-23-13(25)5-11(12)28-3)8-4-9(18)15(22)24-14(8)19/h4-7,16H,1-3H3,(H2,22,24). The molecule has 0 amide bonds. The molecule has 0 aromatic carbocycles. The first-order valence-corrected chi connectivity index (χ1v) is 9.60. The number of anilines is 1. The number of alkyl halides is 2. The number of rotatable bonds is 5. The minimum absolute atomic E-state index is 0.0575. The third-order valence-corrected chi connectivity index (χ3v) is 6.98.